The molecule has 0 saturated carbocycles. The zero-order chi connectivity index (χ0) is 18.8. The zero-order valence-electron chi connectivity index (χ0n) is 14.3. The van der Waals surface area contributed by atoms with Gasteiger partial charge < -0.3 is 15.8 Å². The van der Waals surface area contributed by atoms with Gasteiger partial charge in [0.15, 0.2) is 6.61 Å². The van der Waals surface area contributed by atoms with Gasteiger partial charge in [0.1, 0.15) is 11.4 Å². The lowest BCUT2D eigenvalue weighted by Crippen LogP contribution is -2.22. The number of ether oxygens (including phenoxy) is 1. The Kier molecular flexibility index (Phi) is 4.60. The molecular weight excluding hydrogens is 362 g/mol. The third kappa shape index (κ3) is 3.54. The van der Waals surface area contributed by atoms with Gasteiger partial charge >= 0.3 is 0 Å². The van der Waals surface area contributed by atoms with Crippen LogP contribution >= 0.6 is 11.5 Å². The van der Waals surface area contributed by atoms with Gasteiger partial charge in [-0.25, -0.2) is 0 Å². The molecule has 7 heteroatoms. The number of rotatable bonds is 5. The maximum absolute atomic E-state index is 12.4. The molecule has 3 aromatic rings. The third-order valence-corrected chi connectivity index (χ3v) is 5.34. The molecule has 2 amide bonds. The minimum absolute atomic E-state index is 0.0478. The van der Waals surface area contributed by atoms with Crippen LogP contribution < -0.4 is 15.8 Å². The molecule has 1 atom stereocenters. The number of nitrogens with two attached hydrogens (primary N) is 1. The van der Waals surface area contributed by atoms with Gasteiger partial charge in [0.05, 0.1) is 10.6 Å². The summed E-state index contributed by atoms with van der Waals surface area (Å²) in [6, 6.07) is 17.2. The predicted molar refractivity (Wildman–Crippen MR) is 104 cm³/mol. The van der Waals surface area contributed by atoms with Crippen LogP contribution in [0.2, 0.25) is 0 Å². The minimum Gasteiger partial charge on any atom is -0.484 e. The molecule has 0 spiro atoms. The van der Waals surface area contributed by atoms with E-state index in [1.165, 1.54) is 11.5 Å². The second-order valence-electron chi connectivity index (χ2n) is 6.27. The average Bonchev–Trinajstić information content (AvgIpc) is 3.10. The van der Waals surface area contributed by atoms with Gasteiger partial charge in [-0.3, -0.25) is 9.59 Å². The second-order valence-corrected chi connectivity index (χ2v) is 7.07. The van der Waals surface area contributed by atoms with E-state index in [0.717, 1.165) is 27.4 Å². The fourth-order valence-corrected chi connectivity index (χ4v) is 4.14. The van der Waals surface area contributed by atoms with Crippen molar-refractivity contribution < 1.29 is 14.3 Å². The number of carbonyl (C=O) groups is 2. The van der Waals surface area contributed by atoms with Gasteiger partial charge in [-0.05, 0) is 29.2 Å². The highest BCUT2D eigenvalue weighted by Gasteiger charge is 2.31. The Hall–Kier alpha value is -3.19. The number of nitrogens with zero attached hydrogens (tertiary/aromatic N) is 1. The van der Waals surface area contributed by atoms with Crippen molar-refractivity contribution in [2.24, 2.45) is 5.73 Å². The largest absolute Gasteiger partial charge is 0.484 e. The lowest BCUT2D eigenvalue weighted by molar-refractivity contribution is -0.120. The molecule has 0 bridgehead atoms. The van der Waals surface area contributed by atoms with Gasteiger partial charge in [0, 0.05) is 17.9 Å². The molecule has 0 fully saturated rings. The summed E-state index contributed by atoms with van der Waals surface area (Å²) < 4.78 is 10.00. The van der Waals surface area contributed by atoms with Crippen molar-refractivity contribution in [2.75, 3.05) is 11.9 Å². The maximum Gasteiger partial charge on any atom is 0.255 e. The molecule has 27 heavy (non-hydrogen) atoms. The SMILES string of the molecule is NC(=O)COc1cccc([C@H]2CC(=O)Nc3c(-c4ccccc4)nsc32)c1. The fraction of sp³-hybridized carbons (Fsp3) is 0.150. The van der Waals surface area contributed by atoms with Gasteiger partial charge in [-0.2, -0.15) is 4.37 Å². The molecule has 2 heterocycles. The number of benzene rings is 2. The molecule has 0 unspecified atom stereocenters. The molecule has 6 nitrogen and oxygen atoms in total. The van der Waals surface area contributed by atoms with Crippen LogP contribution in [0.4, 0.5) is 5.69 Å². The topological polar surface area (TPSA) is 94.3 Å². The van der Waals surface area contributed by atoms with E-state index in [1.54, 1.807) is 6.07 Å². The summed E-state index contributed by atoms with van der Waals surface area (Å²) in [5.41, 5.74) is 8.61. The van der Waals surface area contributed by atoms with Crippen LogP contribution in [0.1, 0.15) is 22.8 Å². The highest BCUT2D eigenvalue weighted by molar-refractivity contribution is 7.07. The maximum atomic E-state index is 12.4. The van der Waals surface area contributed by atoms with Crippen molar-refractivity contribution in [3.63, 3.8) is 0 Å². The molecule has 1 aliphatic heterocycles. The fourth-order valence-electron chi connectivity index (χ4n) is 3.17. The predicted octanol–water partition coefficient (Wildman–Crippen LogP) is 3.15. The van der Waals surface area contributed by atoms with Gasteiger partial charge in [-0.1, -0.05) is 42.5 Å². The van der Waals surface area contributed by atoms with Crippen molar-refractivity contribution in [3.8, 4) is 17.0 Å². The molecule has 0 radical (unpaired) electrons. The van der Waals surface area contributed by atoms with Gasteiger partial charge in [0.25, 0.3) is 5.91 Å². The van der Waals surface area contributed by atoms with Crippen molar-refractivity contribution in [2.45, 2.75) is 12.3 Å². The number of fused-ring (bicyclic) bond motifs is 1. The number of carbonyl (C=O) groups excluding carboxylic acids is 2. The number of primary amides is 1. The van der Waals surface area contributed by atoms with Crippen LogP contribution in [0.25, 0.3) is 11.3 Å². The van der Waals surface area contributed by atoms with Crippen LogP contribution in [0, 0.1) is 0 Å². The van der Waals surface area contributed by atoms with Crippen molar-refractivity contribution in [1.29, 1.82) is 0 Å². The Bertz CT molecular complexity index is 1000. The number of nitrogens with one attached hydrogen (secondary N) is 1. The third-order valence-electron chi connectivity index (χ3n) is 4.38. The van der Waals surface area contributed by atoms with Crippen LogP contribution in [0.3, 0.4) is 0 Å². The van der Waals surface area contributed by atoms with Gasteiger partial charge in [0.2, 0.25) is 5.91 Å². The smallest absolute Gasteiger partial charge is 0.255 e. The van der Waals surface area contributed by atoms with E-state index >= 15 is 0 Å². The monoisotopic (exact) mass is 379 g/mol. The quantitative estimate of drug-likeness (QED) is 0.712. The Morgan fingerprint density at radius 1 is 1.22 bits per heavy atom. The minimum atomic E-state index is -0.533. The number of aromatic nitrogens is 1. The standard InChI is InChI=1S/C20H17N3O3S/c21-16(24)11-26-14-8-4-7-13(9-14)15-10-17(25)22-19-18(23-27-20(15)19)12-5-2-1-3-6-12/h1-9,15H,10-11H2,(H2,21,24)(H,22,25)/t15-/m1/s1. The Balaban J connectivity index is 1.70. The Labute approximate surface area is 160 Å². The number of hydrogen-bond acceptors (Lipinski definition) is 5. The highest BCUT2D eigenvalue weighted by atomic mass is 32.1. The molecule has 1 aliphatic rings. The normalized spacial score (nSPS) is 15.7. The lowest BCUT2D eigenvalue weighted by Gasteiger charge is -2.23. The van der Waals surface area contributed by atoms with Crippen molar-refractivity contribution in [3.05, 3.63) is 65.0 Å². The number of anilines is 1. The lowest BCUT2D eigenvalue weighted by atomic mass is 9.89. The summed E-state index contributed by atoms with van der Waals surface area (Å²) in [5, 5.41) is 2.98. The number of amides is 2. The van der Waals surface area contributed by atoms with E-state index in [1.807, 2.05) is 48.5 Å². The van der Waals surface area contributed by atoms with E-state index < -0.39 is 5.91 Å². The summed E-state index contributed by atoms with van der Waals surface area (Å²) in [7, 11) is 0. The van der Waals surface area contributed by atoms with Gasteiger partial charge in [-0.15, -0.1) is 0 Å². The van der Waals surface area contributed by atoms with Crippen LogP contribution in [-0.2, 0) is 9.59 Å². The van der Waals surface area contributed by atoms with E-state index in [2.05, 4.69) is 9.69 Å². The summed E-state index contributed by atoms with van der Waals surface area (Å²) in [6.07, 6.45) is 0.336. The zero-order valence-corrected chi connectivity index (χ0v) is 15.2. The molecule has 0 aliphatic carbocycles. The first kappa shape index (κ1) is 17.2. The summed E-state index contributed by atoms with van der Waals surface area (Å²) in [4.78, 5) is 24.3. The molecule has 4 rings (SSSR count). The molecule has 136 valence electrons. The molecule has 1 aromatic heterocycles. The first-order chi connectivity index (χ1) is 13.1. The number of hydrogen-bond donors (Lipinski definition) is 2. The summed E-state index contributed by atoms with van der Waals surface area (Å²) in [5.74, 6) is -0.143. The highest BCUT2D eigenvalue weighted by Crippen LogP contribution is 2.45. The first-order valence-electron chi connectivity index (χ1n) is 8.47. The Morgan fingerprint density at radius 2 is 2.04 bits per heavy atom. The van der Waals surface area contributed by atoms with E-state index in [4.69, 9.17) is 10.5 Å². The van der Waals surface area contributed by atoms with Crippen LogP contribution in [0.15, 0.2) is 54.6 Å². The molecular formula is C20H17N3O3S. The molecule has 3 N–H and O–H groups in total. The van der Waals surface area contributed by atoms with Crippen molar-refractivity contribution >= 4 is 29.0 Å². The first-order valence-corrected chi connectivity index (χ1v) is 9.25. The van der Waals surface area contributed by atoms with E-state index in [-0.39, 0.29) is 18.4 Å². The van der Waals surface area contributed by atoms with Crippen LogP contribution in [-0.4, -0.2) is 22.8 Å². The van der Waals surface area contributed by atoms with Crippen LogP contribution in [0.5, 0.6) is 5.75 Å². The van der Waals surface area contributed by atoms with E-state index in [0.29, 0.717) is 12.2 Å². The summed E-state index contributed by atoms with van der Waals surface area (Å²) >= 11 is 1.40. The molecule has 0 saturated heterocycles. The second kappa shape index (κ2) is 7.20. The average molecular weight is 379 g/mol. The summed E-state index contributed by atoms with van der Waals surface area (Å²) in [6.45, 7) is -0.182. The molecule has 2 aromatic carbocycles. The van der Waals surface area contributed by atoms with E-state index in [9.17, 15) is 9.59 Å². The van der Waals surface area contributed by atoms with Crippen molar-refractivity contribution in [1.82, 2.24) is 4.37 Å². The Morgan fingerprint density at radius 3 is 2.81 bits per heavy atom.